The minimum Gasteiger partial charge on any atom is -0.372 e. The average molecular weight is 413 g/mol. The van der Waals surface area contributed by atoms with Gasteiger partial charge in [0.1, 0.15) is 0 Å². The molecule has 3 aromatic carbocycles. The third-order valence-corrected chi connectivity index (χ3v) is 5.10. The van der Waals surface area contributed by atoms with Crippen LogP contribution in [0.2, 0.25) is 0 Å². The van der Waals surface area contributed by atoms with E-state index in [4.69, 9.17) is 4.74 Å². The summed E-state index contributed by atoms with van der Waals surface area (Å²) in [4.78, 5) is 25.2. The summed E-state index contributed by atoms with van der Waals surface area (Å²) in [5, 5.41) is 8.13. The molecule has 4 rings (SSSR count). The topological polar surface area (TPSA) is 73.2 Å². The molecule has 6 heteroatoms. The van der Waals surface area contributed by atoms with E-state index in [0.29, 0.717) is 30.5 Å². The Hall–Kier alpha value is -3.77. The van der Waals surface area contributed by atoms with E-state index < -0.39 is 0 Å². The standard InChI is InChI=1S/C25H23N3O3/c1-28-25(30)22-14-8-7-13-21(22)23(27-28)24(29)26-15-19-11-5-6-12-20(19)17-31-16-18-9-3-2-4-10-18/h2-14H,15-17H2,1H3,(H,26,29). The largest absolute Gasteiger partial charge is 0.372 e. The molecule has 0 aliphatic heterocycles. The van der Waals surface area contributed by atoms with Crippen LogP contribution in [0.15, 0.2) is 83.7 Å². The van der Waals surface area contributed by atoms with Gasteiger partial charge in [0.05, 0.1) is 18.6 Å². The van der Waals surface area contributed by atoms with E-state index >= 15 is 0 Å². The third-order valence-electron chi connectivity index (χ3n) is 5.10. The van der Waals surface area contributed by atoms with E-state index in [1.54, 1.807) is 31.3 Å². The number of nitrogens with one attached hydrogen (secondary N) is 1. The number of amides is 1. The van der Waals surface area contributed by atoms with Gasteiger partial charge in [0, 0.05) is 19.0 Å². The van der Waals surface area contributed by atoms with Gasteiger partial charge < -0.3 is 10.1 Å². The van der Waals surface area contributed by atoms with E-state index in [-0.39, 0.29) is 17.2 Å². The maximum absolute atomic E-state index is 12.9. The van der Waals surface area contributed by atoms with Crippen molar-refractivity contribution in [2.75, 3.05) is 0 Å². The Kier molecular flexibility index (Phi) is 6.19. The van der Waals surface area contributed by atoms with Gasteiger partial charge in [-0.15, -0.1) is 0 Å². The maximum atomic E-state index is 12.9. The minimum absolute atomic E-state index is 0.229. The molecule has 1 heterocycles. The summed E-state index contributed by atoms with van der Waals surface area (Å²) < 4.78 is 7.06. The lowest BCUT2D eigenvalue weighted by Crippen LogP contribution is -2.29. The summed E-state index contributed by atoms with van der Waals surface area (Å²) in [7, 11) is 1.55. The summed E-state index contributed by atoms with van der Waals surface area (Å²) in [6.45, 7) is 1.31. The monoisotopic (exact) mass is 413 g/mol. The van der Waals surface area contributed by atoms with E-state index in [1.807, 2.05) is 54.6 Å². The molecule has 156 valence electrons. The Morgan fingerprint density at radius 1 is 0.871 bits per heavy atom. The van der Waals surface area contributed by atoms with Gasteiger partial charge in [0.2, 0.25) is 0 Å². The Balaban J connectivity index is 1.46. The summed E-state index contributed by atoms with van der Waals surface area (Å²) >= 11 is 0. The van der Waals surface area contributed by atoms with Crippen LogP contribution in [0, 0.1) is 0 Å². The second kappa shape index (κ2) is 9.36. The molecule has 0 atom stereocenters. The molecule has 0 aliphatic rings. The van der Waals surface area contributed by atoms with Gasteiger partial charge in [-0.25, -0.2) is 4.68 Å². The molecular weight excluding hydrogens is 390 g/mol. The highest BCUT2D eigenvalue weighted by Crippen LogP contribution is 2.15. The Bertz CT molecular complexity index is 1270. The first-order valence-electron chi connectivity index (χ1n) is 10.1. The van der Waals surface area contributed by atoms with Crippen LogP contribution >= 0.6 is 0 Å². The van der Waals surface area contributed by atoms with Crippen LogP contribution in [0.3, 0.4) is 0 Å². The van der Waals surface area contributed by atoms with Crippen LogP contribution in [-0.4, -0.2) is 15.7 Å². The van der Waals surface area contributed by atoms with E-state index in [9.17, 15) is 9.59 Å². The number of aryl methyl sites for hydroxylation is 1. The molecule has 31 heavy (non-hydrogen) atoms. The molecule has 4 aromatic rings. The Labute approximate surface area is 180 Å². The van der Waals surface area contributed by atoms with Gasteiger partial charge >= 0.3 is 0 Å². The fourth-order valence-corrected chi connectivity index (χ4v) is 3.45. The van der Waals surface area contributed by atoms with Crippen LogP contribution in [-0.2, 0) is 31.5 Å². The summed E-state index contributed by atoms with van der Waals surface area (Å²) in [5.41, 5.74) is 3.10. The van der Waals surface area contributed by atoms with Crippen LogP contribution in [0.25, 0.3) is 10.8 Å². The quantitative estimate of drug-likeness (QED) is 0.503. The second-order valence-electron chi connectivity index (χ2n) is 7.25. The zero-order valence-electron chi connectivity index (χ0n) is 17.2. The number of fused-ring (bicyclic) bond motifs is 1. The summed E-state index contributed by atoms with van der Waals surface area (Å²) in [6, 6.07) is 24.9. The smallest absolute Gasteiger partial charge is 0.274 e. The van der Waals surface area contributed by atoms with Crippen LogP contribution < -0.4 is 10.9 Å². The van der Waals surface area contributed by atoms with Gasteiger partial charge in [-0.2, -0.15) is 5.10 Å². The average Bonchev–Trinajstić information content (AvgIpc) is 2.81. The van der Waals surface area contributed by atoms with Crippen molar-refractivity contribution in [1.82, 2.24) is 15.1 Å². The highest BCUT2D eigenvalue weighted by molar-refractivity contribution is 6.04. The molecule has 0 fully saturated rings. The van der Waals surface area contributed by atoms with Crippen LogP contribution in [0.5, 0.6) is 0 Å². The van der Waals surface area contributed by atoms with Crippen molar-refractivity contribution in [1.29, 1.82) is 0 Å². The fourth-order valence-electron chi connectivity index (χ4n) is 3.45. The van der Waals surface area contributed by atoms with Crippen molar-refractivity contribution in [2.24, 2.45) is 7.05 Å². The number of hydrogen-bond acceptors (Lipinski definition) is 4. The van der Waals surface area contributed by atoms with Crippen molar-refractivity contribution in [3.63, 3.8) is 0 Å². The fraction of sp³-hybridized carbons (Fsp3) is 0.160. The molecular formula is C25H23N3O3. The van der Waals surface area contributed by atoms with Crippen molar-refractivity contribution >= 4 is 16.7 Å². The zero-order valence-corrected chi connectivity index (χ0v) is 17.2. The van der Waals surface area contributed by atoms with Gasteiger partial charge in [-0.3, -0.25) is 9.59 Å². The molecule has 6 nitrogen and oxygen atoms in total. The van der Waals surface area contributed by atoms with E-state index in [2.05, 4.69) is 10.4 Å². The predicted octanol–water partition coefficient (Wildman–Crippen LogP) is 3.58. The van der Waals surface area contributed by atoms with Gasteiger partial charge in [-0.1, -0.05) is 72.8 Å². The number of aromatic nitrogens is 2. The zero-order chi connectivity index (χ0) is 21.6. The highest BCUT2D eigenvalue weighted by atomic mass is 16.5. The third kappa shape index (κ3) is 4.70. The van der Waals surface area contributed by atoms with Crippen LogP contribution in [0.4, 0.5) is 0 Å². The number of carbonyl (C=O) groups is 1. The van der Waals surface area contributed by atoms with Crippen molar-refractivity contribution in [3.05, 3.63) is 112 Å². The lowest BCUT2D eigenvalue weighted by atomic mass is 10.1. The minimum atomic E-state index is -0.327. The number of hydrogen-bond donors (Lipinski definition) is 1. The molecule has 0 spiro atoms. The second-order valence-corrected chi connectivity index (χ2v) is 7.25. The lowest BCUT2D eigenvalue weighted by Gasteiger charge is -2.12. The van der Waals surface area contributed by atoms with Crippen molar-refractivity contribution in [3.8, 4) is 0 Å². The van der Waals surface area contributed by atoms with Gasteiger partial charge in [-0.05, 0) is 22.8 Å². The highest BCUT2D eigenvalue weighted by Gasteiger charge is 2.15. The van der Waals surface area contributed by atoms with Gasteiger partial charge in [0.15, 0.2) is 5.69 Å². The first-order chi connectivity index (χ1) is 15.1. The first-order valence-corrected chi connectivity index (χ1v) is 10.1. The molecule has 0 aliphatic carbocycles. The molecule has 0 saturated carbocycles. The predicted molar refractivity (Wildman–Crippen MR) is 120 cm³/mol. The normalized spacial score (nSPS) is 10.9. The molecule has 0 radical (unpaired) electrons. The molecule has 1 amide bonds. The molecule has 1 aromatic heterocycles. The molecule has 0 unspecified atom stereocenters. The first kappa shape index (κ1) is 20.5. The van der Waals surface area contributed by atoms with Crippen molar-refractivity contribution in [2.45, 2.75) is 19.8 Å². The summed E-state index contributed by atoms with van der Waals surface area (Å²) in [6.07, 6.45) is 0. The van der Waals surface area contributed by atoms with Crippen LogP contribution in [0.1, 0.15) is 27.2 Å². The molecule has 0 saturated heterocycles. The van der Waals surface area contributed by atoms with Gasteiger partial charge in [0.25, 0.3) is 11.5 Å². The van der Waals surface area contributed by atoms with E-state index in [0.717, 1.165) is 16.7 Å². The number of ether oxygens (including phenoxy) is 1. The number of rotatable bonds is 7. The Morgan fingerprint density at radius 2 is 1.52 bits per heavy atom. The maximum Gasteiger partial charge on any atom is 0.274 e. The number of benzene rings is 3. The SMILES string of the molecule is Cn1nc(C(=O)NCc2ccccc2COCc2ccccc2)c2ccccc2c1=O. The summed E-state index contributed by atoms with van der Waals surface area (Å²) in [5.74, 6) is -0.327. The van der Waals surface area contributed by atoms with E-state index in [1.165, 1.54) is 4.68 Å². The number of nitrogens with zero attached hydrogens (tertiary/aromatic N) is 2. The van der Waals surface area contributed by atoms with Crippen molar-refractivity contribution < 1.29 is 9.53 Å². The molecule has 0 bridgehead atoms. The Morgan fingerprint density at radius 3 is 2.29 bits per heavy atom. The number of carbonyl (C=O) groups excluding carboxylic acids is 1. The molecule has 1 N–H and O–H groups in total. The lowest BCUT2D eigenvalue weighted by molar-refractivity contribution is 0.0942.